The summed E-state index contributed by atoms with van der Waals surface area (Å²) in [4.78, 5) is 30.1. The molecule has 0 N–H and O–H groups in total. The first-order chi connectivity index (χ1) is 17.1. The molecule has 1 aliphatic rings. The predicted molar refractivity (Wildman–Crippen MR) is 140 cm³/mol. The van der Waals surface area contributed by atoms with Crippen LogP contribution in [0.3, 0.4) is 0 Å². The summed E-state index contributed by atoms with van der Waals surface area (Å²) in [5, 5.41) is 0.637. The number of rotatable bonds is 9. The van der Waals surface area contributed by atoms with Crippen LogP contribution < -0.4 is 0 Å². The van der Waals surface area contributed by atoms with E-state index in [1.165, 1.54) is 12.7 Å². The Labute approximate surface area is 219 Å². The number of benzene rings is 2. The summed E-state index contributed by atoms with van der Waals surface area (Å²) in [5.74, 6) is -0.332. The van der Waals surface area contributed by atoms with Gasteiger partial charge in [-0.2, -0.15) is 0 Å². The summed E-state index contributed by atoms with van der Waals surface area (Å²) in [6.45, 7) is 7.44. The van der Waals surface area contributed by atoms with E-state index >= 15 is 0 Å². The Bertz CT molecular complexity index is 1020. The number of methoxy groups -OCH3 is 2. The summed E-state index contributed by atoms with van der Waals surface area (Å²) in [6.07, 6.45) is 0.748. The first kappa shape index (κ1) is 28.0. The molecule has 2 aromatic rings. The molecule has 0 saturated carbocycles. The molecule has 1 amide bonds. The zero-order valence-electron chi connectivity index (χ0n) is 21.8. The first-order valence-electron chi connectivity index (χ1n) is 12.2. The predicted octanol–water partition coefficient (Wildman–Crippen LogP) is 4.73. The SMILES string of the molecule is COCCN(CC1Cc2ccccc2CN1C(=O)OC(C)(C)C)C(Cc1ccc(Cl)cc1)C(=O)OC. The van der Waals surface area contributed by atoms with Crippen molar-refractivity contribution in [1.29, 1.82) is 0 Å². The third-order valence-corrected chi connectivity index (χ3v) is 6.52. The fourth-order valence-corrected chi connectivity index (χ4v) is 4.61. The van der Waals surface area contributed by atoms with Crippen LogP contribution in [0.15, 0.2) is 48.5 Å². The number of nitrogens with zero attached hydrogens (tertiary/aromatic N) is 2. The Morgan fingerprint density at radius 1 is 1.08 bits per heavy atom. The van der Waals surface area contributed by atoms with Crippen molar-refractivity contribution in [2.24, 2.45) is 0 Å². The molecule has 196 valence electrons. The van der Waals surface area contributed by atoms with Crippen LogP contribution in [0.5, 0.6) is 0 Å². The van der Waals surface area contributed by atoms with Crippen molar-refractivity contribution in [1.82, 2.24) is 9.80 Å². The molecule has 2 atom stereocenters. The molecule has 2 aromatic carbocycles. The zero-order valence-corrected chi connectivity index (χ0v) is 22.6. The molecule has 8 heteroatoms. The number of hydrogen-bond acceptors (Lipinski definition) is 6. The minimum atomic E-state index is -0.614. The molecule has 0 spiro atoms. The minimum Gasteiger partial charge on any atom is -0.468 e. The van der Waals surface area contributed by atoms with Crippen LogP contribution in [0.25, 0.3) is 0 Å². The van der Waals surface area contributed by atoms with Crippen LogP contribution >= 0.6 is 11.6 Å². The van der Waals surface area contributed by atoms with Gasteiger partial charge in [-0.15, -0.1) is 0 Å². The Hall–Kier alpha value is -2.61. The van der Waals surface area contributed by atoms with Gasteiger partial charge in [-0.3, -0.25) is 14.6 Å². The van der Waals surface area contributed by atoms with Gasteiger partial charge in [-0.1, -0.05) is 48.0 Å². The molecular formula is C28H37ClN2O5. The Morgan fingerprint density at radius 2 is 1.75 bits per heavy atom. The van der Waals surface area contributed by atoms with Crippen molar-refractivity contribution in [3.05, 3.63) is 70.2 Å². The van der Waals surface area contributed by atoms with E-state index in [9.17, 15) is 9.59 Å². The quantitative estimate of drug-likeness (QED) is 0.449. The highest BCUT2D eigenvalue weighted by molar-refractivity contribution is 6.30. The number of carbonyl (C=O) groups is 2. The van der Waals surface area contributed by atoms with Crippen molar-refractivity contribution in [2.45, 2.75) is 57.8 Å². The summed E-state index contributed by atoms with van der Waals surface area (Å²) >= 11 is 6.06. The molecule has 3 rings (SSSR count). The van der Waals surface area contributed by atoms with E-state index in [1.807, 2.05) is 63.2 Å². The van der Waals surface area contributed by atoms with Gasteiger partial charge in [-0.25, -0.2) is 4.79 Å². The number of amides is 1. The van der Waals surface area contributed by atoms with E-state index in [0.29, 0.717) is 44.1 Å². The zero-order chi connectivity index (χ0) is 26.3. The number of fused-ring (bicyclic) bond motifs is 1. The van der Waals surface area contributed by atoms with Crippen molar-refractivity contribution >= 4 is 23.7 Å². The summed E-state index contributed by atoms with van der Waals surface area (Å²) in [5.41, 5.74) is 2.66. The fourth-order valence-electron chi connectivity index (χ4n) is 4.48. The van der Waals surface area contributed by atoms with Crippen molar-refractivity contribution in [3.8, 4) is 0 Å². The van der Waals surface area contributed by atoms with Crippen LogP contribution in [-0.4, -0.2) is 73.5 Å². The number of carbonyl (C=O) groups excluding carboxylic acids is 2. The smallest absolute Gasteiger partial charge is 0.410 e. The highest BCUT2D eigenvalue weighted by atomic mass is 35.5. The molecular weight excluding hydrogens is 480 g/mol. The maximum atomic E-state index is 13.3. The van der Waals surface area contributed by atoms with Crippen molar-refractivity contribution in [3.63, 3.8) is 0 Å². The molecule has 7 nitrogen and oxygen atoms in total. The van der Waals surface area contributed by atoms with Gasteiger partial charge >= 0.3 is 12.1 Å². The Kier molecular flexibility index (Phi) is 9.77. The third-order valence-electron chi connectivity index (χ3n) is 6.27. The average molecular weight is 517 g/mol. The monoisotopic (exact) mass is 516 g/mol. The normalized spacial score (nSPS) is 16.4. The van der Waals surface area contributed by atoms with Gasteiger partial charge < -0.3 is 14.2 Å². The highest BCUT2D eigenvalue weighted by Crippen LogP contribution is 2.27. The molecule has 0 saturated heterocycles. The van der Waals surface area contributed by atoms with Crippen molar-refractivity contribution < 1.29 is 23.8 Å². The molecule has 0 aromatic heterocycles. The number of esters is 1. The van der Waals surface area contributed by atoms with Gasteiger partial charge in [0.05, 0.1) is 19.8 Å². The van der Waals surface area contributed by atoms with Gasteiger partial charge in [-0.05, 0) is 62.4 Å². The maximum absolute atomic E-state index is 13.3. The van der Waals surface area contributed by atoms with Crippen molar-refractivity contribution in [2.75, 3.05) is 33.9 Å². The lowest BCUT2D eigenvalue weighted by Crippen LogP contribution is -2.55. The third kappa shape index (κ3) is 7.69. The lowest BCUT2D eigenvalue weighted by Gasteiger charge is -2.41. The van der Waals surface area contributed by atoms with E-state index in [-0.39, 0.29) is 18.1 Å². The maximum Gasteiger partial charge on any atom is 0.410 e. The molecule has 0 aliphatic carbocycles. The topological polar surface area (TPSA) is 68.3 Å². The molecule has 1 aliphatic heterocycles. The summed E-state index contributed by atoms with van der Waals surface area (Å²) in [6, 6.07) is 14.8. The molecule has 2 unspecified atom stereocenters. The second-order valence-electron chi connectivity index (χ2n) is 10.1. The Morgan fingerprint density at radius 3 is 2.36 bits per heavy atom. The lowest BCUT2D eigenvalue weighted by atomic mass is 9.93. The lowest BCUT2D eigenvalue weighted by molar-refractivity contribution is -0.147. The van der Waals surface area contributed by atoms with Gasteiger partial charge in [0.25, 0.3) is 0 Å². The number of ether oxygens (including phenoxy) is 3. The van der Waals surface area contributed by atoms with Gasteiger partial charge in [0, 0.05) is 31.8 Å². The van der Waals surface area contributed by atoms with E-state index in [1.54, 1.807) is 12.0 Å². The van der Waals surface area contributed by atoms with Crippen LogP contribution in [0.1, 0.15) is 37.5 Å². The second-order valence-corrected chi connectivity index (χ2v) is 10.5. The fraction of sp³-hybridized carbons (Fsp3) is 0.500. The van der Waals surface area contributed by atoms with Crippen LogP contribution in [0, 0.1) is 0 Å². The summed E-state index contributed by atoms with van der Waals surface area (Å²) in [7, 11) is 3.03. The molecule has 1 heterocycles. The largest absolute Gasteiger partial charge is 0.468 e. The highest BCUT2D eigenvalue weighted by Gasteiger charge is 2.36. The van der Waals surface area contributed by atoms with Gasteiger partial charge in [0.1, 0.15) is 11.6 Å². The van der Waals surface area contributed by atoms with E-state index in [2.05, 4.69) is 11.0 Å². The molecule has 0 fully saturated rings. The molecule has 0 bridgehead atoms. The number of hydrogen-bond donors (Lipinski definition) is 0. The summed E-state index contributed by atoms with van der Waals surface area (Å²) < 4.78 is 16.3. The van der Waals surface area contributed by atoms with Crippen LogP contribution in [-0.2, 0) is 38.4 Å². The van der Waals surface area contributed by atoms with Gasteiger partial charge in [0.2, 0.25) is 0 Å². The van der Waals surface area contributed by atoms with E-state index in [4.69, 9.17) is 25.8 Å². The van der Waals surface area contributed by atoms with Crippen LogP contribution in [0.2, 0.25) is 5.02 Å². The second kappa shape index (κ2) is 12.6. The van der Waals surface area contributed by atoms with E-state index in [0.717, 1.165) is 11.1 Å². The van der Waals surface area contributed by atoms with Gasteiger partial charge in [0.15, 0.2) is 0 Å². The average Bonchev–Trinajstić information content (AvgIpc) is 2.84. The minimum absolute atomic E-state index is 0.191. The first-order valence-corrected chi connectivity index (χ1v) is 12.6. The van der Waals surface area contributed by atoms with Crippen LogP contribution in [0.4, 0.5) is 4.79 Å². The molecule has 0 radical (unpaired) electrons. The Balaban J connectivity index is 1.91. The van der Waals surface area contributed by atoms with E-state index < -0.39 is 11.6 Å². The number of halogens is 1. The molecule has 36 heavy (non-hydrogen) atoms. The standard InChI is InChI=1S/C28H37ClN2O5/c1-28(2,3)36-27(33)31-18-22-9-7-6-8-21(22)17-24(31)19-30(14-15-34-4)25(26(32)35-5)16-20-10-12-23(29)13-11-20/h6-13,24-25H,14-19H2,1-5H3.